The van der Waals surface area contributed by atoms with Crippen LogP contribution in [0.4, 0.5) is 0 Å². The lowest BCUT2D eigenvalue weighted by molar-refractivity contribution is -0.150. The van der Waals surface area contributed by atoms with Gasteiger partial charge in [0.25, 0.3) is 0 Å². The monoisotopic (exact) mass is 719 g/mol. The Morgan fingerprint density at radius 1 is 0.569 bits per heavy atom. The summed E-state index contributed by atoms with van der Waals surface area (Å²) in [5.74, 6) is -1.23. The van der Waals surface area contributed by atoms with Crippen molar-refractivity contribution in [3.63, 3.8) is 0 Å². The highest BCUT2D eigenvalue weighted by atomic mass is 16.5. The number of carboxylic acids is 1. The maximum atomic E-state index is 12.8. The summed E-state index contributed by atoms with van der Waals surface area (Å²) in [4.78, 5) is 36.3. The molecule has 2 atom stereocenters. The van der Waals surface area contributed by atoms with Crippen LogP contribution in [0, 0.1) is 0 Å². The molecule has 0 saturated carbocycles. The lowest BCUT2D eigenvalue weighted by atomic mass is 10.0. The van der Waals surface area contributed by atoms with Crippen LogP contribution in [0.15, 0.2) is 24.3 Å². The molecule has 0 spiro atoms. The van der Waals surface area contributed by atoms with E-state index in [0.717, 1.165) is 70.6 Å². The number of esters is 1. The number of aliphatic carboxylic acids is 1. The van der Waals surface area contributed by atoms with E-state index in [-0.39, 0.29) is 18.0 Å². The first-order chi connectivity index (χ1) is 24.9. The van der Waals surface area contributed by atoms with Gasteiger partial charge in [0, 0.05) is 12.8 Å². The average Bonchev–Trinajstić information content (AvgIpc) is 3.11. The number of rotatable bonds is 39. The fourth-order valence-electron chi connectivity index (χ4n) is 6.48. The molecule has 0 saturated heterocycles. The van der Waals surface area contributed by atoms with E-state index in [1.165, 1.54) is 109 Å². The van der Waals surface area contributed by atoms with E-state index < -0.39 is 12.0 Å². The van der Waals surface area contributed by atoms with Gasteiger partial charge in [-0.2, -0.15) is 0 Å². The number of ether oxygens (including phenoxy) is 1. The van der Waals surface area contributed by atoms with Crippen LogP contribution in [0.2, 0.25) is 0 Å². The van der Waals surface area contributed by atoms with Crippen LogP contribution < -0.4 is 11.1 Å². The van der Waals surface area contributed by atoms with Gasteiger partial charge < -0.3 is 20.9 Å². The van der Waals surface area contributed by atoms with Gasteiger partial charge in [0.1, 0.15) is 12.1 Å². The van der Waals surface area contributed by atoms with E-state index >= 15 is 0 Å². The largest absolute Gasteiger partial charge is 0.480 e. The summed E-state index contributed by atoms with van der Waals surface area (Å²) in [6.45, 7) is 4.91. The highest BCUT2D eigenvalue weighted by Crippen LogP contribution is 2.19. The lowest BCUT2D eigenvalue weighted by Crippen LogP contribution is -2.40. The van der Waals surface area contributed by atoms with Crippen molar-refractivity contribution >= 4 is 17.8 Å². The Balaban J connectivity index is 4.20. The minimum atomic E-state index is -1.00. The fraction of sp³-hybridized carbons (Fsp3) is 0.841. The van der Waals surface area contributed by atoms with Crippen molar-refractivity contribution < 1.29 is 24.2 Å². The smallest absolute Gasteiger partial charge is 0.326 e. The molecule has 0 aliphatic carbocycles. The summed E-state index contributed by atoms with van der Waals surface area (Å²) in [7, 11) is 0. The third-order valence-corrected chi connectivity index (χ3v) is 9.77. The van der Waals surface area contributed by atoms with Gasteiger partial charge in [-0.25, -0.2) is 4.79 Å². The summed E-state index contributed by atoms with van der Waals surface area (Å²) >= 11 is 0. The normalized spacial score (nSPS) is 12.8. The molecule has 0 heterocycles. The van der Waals surface area contributed by atoms with Crippen LogP contribution in [0.1, 0.15) is 219 Å². The number of hydrogen-bond donors (Lipinski definition) is 3. The molecule has 0 radical (unpaired) electrons. The topological polar surface area (TPSA) is 119 Å². The Morgan fingerprint density at radius 2 is 1.02 bits per heavy atom. The minimum Gasteiger partial charge on any atom is -0.480 e. The molecule has 1 amide bonds. The maximum absolute atomic E-state index is 12.8. The molecule has 0 bridgehead atoms. The number of nitrogens with one attached hydrogen (secondary N) is 1. The van der Waals surface area contributed by atoms with Crippen LogP contribution in [-0.4, -0.2) is 41.6 Å². The number of carboxylic acid groups (broad SMARTS) is 1. The number of nitrogens with two attached hydrogens (primary N) is 1. The van der Waals surface area contributed by atoms with Crippen molar-refractivity contribution in [3.05, 3.63) is 24.3 Å². The van der Waals surface area contributed by atoms with Gasteiger partial charge >= 0.3 is 11.9 Å². The molecule has 4 N–H and O–H groups in total. The van der Waals surface area contributed by atoms with E-state index in [4.69, 9.17) is 10.5 Å². The first-order valence-electron chi connectivity index (χ1n) is 21.7. The minimum absolute atomic E-state index is 0.0145. The Labute approximate surface area is 314 Å². The first kappa shape index (κ1) is 48.9. The second-order valence-corrected chi connectivity index (χ2v) is 14.8. The quantitative estimate of drug-likeness (QED) is 0.0331. The molecular formula is C44H82N2O5. The molecule has 0 aromatic heterocycles. The molecule has 7 heteroatoms. The van der Waals surface area contributed by atoms with E-state index in [9.17, 15) is 19.5 Å². The summed E-state index contributed by atoms with van der Waals surface area (Å²) in [5.41, 5.74) is 5.48. The van der Waals surface area contributed by atoms with Crippen molar-refractivity contribution in [1.29, 1.82) is 0 Å². The van der Waals surface area contributed by atoms with E-state index in [1.807, 2.05) is 0 Å². The summed E-state index contributed by atoms with van der Waals surface area (Å²) in [6.07, 6.45) is 43.6. The summed E-state index contributed by atoms with van der Waals surface area (Å²) in [6, 6.07) is -0.854. The molecule has 51 heavy (non-hydrogen) atoms. The van der Waals surface area contributed by atoms with Gasteiger partial charge in [-0.3, -0.25) is 9.59 Å². The molecule has 0 fully saturated rings. The molecular weight excluding hydrogens is 636 g/mol. The molecule has 7 nitrogen and oxygen atoms in total. The number of amides is 1. The molecule has 0 aliphatic heterocycles. The molecule has 0 aromatic carbocycles. The van der Waals surface area contributed by atoms with Crippen LogP contribution in [0.25, 0.3) is 0 Å². The number of allylic oxidation sites excluding steroid dienone is 4. The second kappa shape index (κ2) is 39.1. The Morgan fingerprint density at radius 3 is 1.55 bits per heavy atom. The zero-order chi connectivity index (χ0) is 37.5. The number of unbranched alkanes of at least 4 members (excludes halogenated alkanes) is 21. The Bertz CT molecular complexity index is 858. The highest BCUT2D eigenvalue weighted by Gasteiger charge is 2.19. The second-order valence-electron chi connectivity index (χ2n) is 14.8. The molecule has 0 aliphatic rings. The van der Waals surface area contributed by atoms with Crippen molar-refractivity contribution in [3.8, 4) is 0 Å². The van der Waals surface area contributed by atoms with E-state index in [0.29, 0.717) is 32.2 Å². The maximum Gasteiger partial charge on any atom is 0.326 e. The van der Waals surface area contributed by atoms with Gasteiger partial charge in [-0.05, 0) is 90.0 Å². The highest BCUT2D eigenvalue weighted by molar-refractivity contribution is 5.83. The third-order valence-electron chi connectivity index (χ3n) is 9.77. The zero-order valence-corrected chi connectivity index (χ0v) is 33.5. The van der Waals surface area contributed by atoms with E-state index in [2.05, 4.69) is 43.5 Å². The fourth-order valence-corrected chi connectivity index (χ4v) is 6.48. The average molecular weight is 719 g/mol. The summed E-state index contributed by atoms with van der Waals surface area (Å²) in [5, 5.41) is 11.9. The van der Waals surface area contributed by atoms with Gasteiger partial charge in [0.2, 0.25) is 5.91 Å². The van der Waals surface area contributed by atoms with Gasteiger partial charge in [-0.1, -0.05) is 147 Å². The first-order valence-corrected chi connectivity index (χ1v) is 21.7. The van der Waals surface area contributed by atoms with Crippen molar-refractivity contribution in [1.82, 2.24) is 5.32 Å². The summed E-state index contributed by atoms with van der Waals surface area (Å²) < 4.78 is 6.02. The van der Waals surface area contributed by atoms with Crippen molar-refractivity contribution in [2.24, 2.45) is 5.73 Å². The van der Waals surface area contributed by atoms with Crippen LogP contribution in [0.3, 0.4) is 0 Å². The van der Waals surface area contributed by atoms with Gasteiger partial charge in [0.05, 0.1) is 0 Å². The van der Waals surface area contributed by atoms with E-state index in [1.54, 1.807) is 0 Å². The molecule has 0 aromatic rings. The number of hydrogen-bond acceptors (Lipinski definition) is 5. The molecule has 2 unspecified atom stereocenters. The molecule has 0 rings (SSSR count). The van der Waals surface area contributed by atoms with Crippen LogP contribution >= 0.6 is 0 Å². The lowest BCUT2D eigenvalue weighted by Gasteiger charge is -2.18. The zero-order valence-electron chi connectivity index (χ0n) is 33.5. The standard InChI is InChI=1S/C44H82N2O5/c1-3-5-7-9-11-13-14-15-16-17-18-19-20-21-23-28-32-38-43(48)51-40(34-29-25-22-12-10-8-6-4-2)35-30-26-24-27-31-37-42(47)46-41(44(49)50)36-33-39-45/h11,13,15-16,40-41H,3-10,12,14,17-39,45H2,1-2H3,(H,46,47)(H,49,50)/b13-11-,16-15-. The van der Waals surface area contributed by atoms with Gasteiger partial charge in [-0.15, -0.1) is 0 Å². The number of carbonyl (C=O) groups is 3. The van der Waals surface area contributed by atoms with Crippen LogP contribution in [-0.2, 0) is 19.1 Å². The Hall–Kier alpha value is -2.15. The van der Waals surface area contributed by atoms with Crippen molar-refractivity contribution in [2.45, 2.75) is 231 Å². The Kier molecular flexibility index (Phi) is 37.4. The predicted molar refractivity (Wildman–Crippen MR) is 216 cm³/mol. The van der Waals surface area contributed by atoms with Gasteiger partial charge in [0.15, 0.2) is 0 Å². The number of carbonyl (C=O) groups excluding carboxylic acids is 2. The van der Waals surface area contributed by atoms with Crippen LogP contribution in [0.5, 0.6) is 0 Å². The van der Waals surface area contributed by atoms with Crippen molar-refractivity contribution in [2.75, 3.05) is 6.54 Å². The third kappa shape index (κ3) is 36.0. The SMILES string of the molecule is CCCCC/C=C\C/C=C\CCCCCCCCCC(=O)OC(CCCCCCCCCC)CCCCCCCC(=O)NC(CCCN)C(=O)O. The molecule has 298 valence electrons. The predicted octanol–water partition coefficient (Wildman–Crippen LogP) is 12.1.